The summed E-state index contributed by atoms with van der Waals surface area (Å²) in [5.74, 6) is 0. The number of nitrogens with zero attached hydrogens (tertiary/aromatic N) is 2. The lowest BCUT2D eigenvalue weighted by atomic mass is 9.80. The minimum atomic E-state index is -0.528. The van der Waals surface area contributed by atoms with Gasteiger partial charge < -0.3 is 5.11 Å². The summed E-state index contributed by atoms with van der Waals surface area (Å²) >= 11 is 5.85. The highest BCUT2D eigenvalue weighted by atomic mass is 35.5. The van der Waals surface area contributed by atoms with Crippen molar-refractivity contribution in [3.8, 4) is 0 Å². The molecule has 0 saturated heterocycles. The Morgan fingerprint density at radius 3 is 2.77 bits per heavy atom. The minimum Gasteiger partial charge on any atom is -0.388 e. The first-order valence-corrected chi connectivity index (χ1v) is 4.89. The lowest BCUT2D eigenvalue weighted by molar-refractivity contribution is -0.0502. The molecule has 3 nitrogen and oxygen atoms in total. The Hall–Kier alpha value is -0.540. The Morgan fingerprint density at radius 1 is 1.69 bits per heavy atom. The van der Waals surface area contributed by atoms with E-state index in [4.69, 9.17) is 11.6 Å². The highest BCUT2D eigenvalue weighted by molar-refractivity contribution is 6.31. The summed E-state index contributed by atoms with van der Waals surface area (Å²) in [5.41, 5.74) is 0.405. The van der Waals surface area contributed by atoms with Crippen LogP contribution >= 0.6 is 11.6 Å². The number of halogens is 1. The van der Waals surface area contributed by atoms with Crippen LogP contribution in [-0.2, 0) is 6.54 Å². The molecule has 0 atom stereocenters. The Morgan fingerprint density at radius 2 is 2.38 bits per heavy atom. The highest BCUT2D eigenvalue weighted by Crippen LogP contribution is 2.33. The van der Waals surface area contributed by atoms with Crippen LogP contribution in [0, 0.1) is 6.92 Å². The predicted octanol–water partition coefficient (Wildman–Crippen LogP) is 1.76. The average Bonchev–Trinajstić information content (AvgIpc) is 2.33. The van der Waals surface area contributed by atoms with Crippen LogP contribution in [0.3, 0.4) is 0 Å². The summed E-state index contributed by atoms with van der Waals surface area (Å²) in [6, 6.07) is 0. The van der Waals surface area contributed by atoms with Gasteiger partial charge in [0.2, 0.25) is 0 Å². The molecule has 1 N–H and O–H groups in total. The number of aliphatic hydroxyl groups is 1. The van der Waals surface area contributed by atoms with Gasteiger partial charge in [-0.2, -0.15) is 5.10 Å². The van der Waals surface area contributed by atoms with Gasteiger partial charge in [0.15, 0.2) is 0 Å². The number of rotatable bonds is 2. The zero-order chi connectivity index (χ0) is 9.47. The molecule has 72 valence electrons. The fourth-order valence-electron chi connectivity index (χ4n) is 1.60. The monoisotopic (exact) mass is 200 g/mol. The van der Waals surface area contributed by atoms with Gasteiger partial charge in [0.05, 0.1) is 29.1 Å². The Labute approximate surface area is 82.3 Å². The van der Waals surface area contributed by atoms with Gasteiger partial charge >= 0.3 is 0 Å². The molecule has 0 unspecified atom stereocenters. The van der Waals surface area contributed by atoms with Crippen molar-refractivity contribution in [1.29, 1.82) is 0 Å². The quantitative estimate of drug-likeness (QED) is 0.790. The second-order valence-electron chi connectivity index (χ2n) is 3.81. The fourth-order valence-corrected chi connectivity index (χ4v) is 1.75. The third-order valence-electron chi connectivity index (χ3n) is 2.77. The molecule has 0 amide bonds. The molecular weight excluding hydrogens is 188 g/mol. The van der Waals surface area contributed by atoms with Crippen LogP contribution in [0.2, 0.25) is 5.02 Å². The van der Waals surface area contributed by atoms with Gasteiger partial charge in [0.1, 0.15) is 0 Å². The number of hydrogen-bond donors (Lipinski definition) is 1. The van der Waals surface area contributed by atoms with Crippen LogP contribution in [0.5, 0.6) is 0 Å². The van der Waals surface area contributed by atoms with E-state index in [2.05, 4.69) is 5.10 Å². The van der Waals surface area contributed by atoms with E-state index in [0.717, 1.165) is 25.0 Å². The van der Waals surface area contributed by atoms with E-state index in [0.29, 0.717) is 11.6 Å². The van der Waals surface area contributed by atoms with Gasteiger partial charge in [0, 0.05) is 0 Å². The molecule has 13 heavy (non-hydrogen) atoms. The van der Waals surface area contributed by atoms with E-state index in [9.17, 15) is 5.11 Å². The van der Waals surface area contributed by atoms with Gasteiger partial charge in [-0.1, -0.05) is 11.6 Å². The largest absolute Gasteiger partial charge is 0.388 e. The summed E-state index contributed by atoms with van der Waals surface area (Å²) in [6.07, 6.45) is 4.50. The molecule has 0 spiro atoms. The van der Waals surface area contributed by atoms with Crippen molar-refractivity contribution in [2.75, 3.05) is 0 Å². The van der Waals surface area contributed by atoms with Crippen molar-refractivity contribution in [3.05, 3.63) is 16.9 Å². The van der Waals surface area contributed by atoms with Crippen LogP contribution in [0.4, 0.5) is 0 Å². The number of aromatic nitrogens is 2. The topological polar surface area (TPSA) is 38.0 Å². The zero-order valence-corrected chi connectivity index (χ0v) is 8.38. The van der Waals surface area contributed by atoms with Crippen molar-refractivity contribution in [2.45, 2.75) is 38.3 Å². The first-order chi connectivity index (χ1) is 6.11. The molecule has 2 rings (SSSR count). The standard InChI is InChI=1S/C9H13ClN2O/c1-7-8(10)5-11-12(7)6-9(13)3-2-4-9/h5,13H,2-4,6H2,1H3. The summed E-state index contributed by atoms with van der Waals surface area (Å²) in [7, 11) is 0. The molecule has 4 heteroatoms. The van der Waals surface area contributed by atoms with E-state index in [1.54, 1.807) is 10.9 Å². The second kappa shape index (κ2) is 3.00. The van der Waals surface area contributed by atoms with Gasteiger partial charge in [0.25, 0.3) is 0 Å². The zero-order valence-electron chi connectivity index (χ0n) is 7.63. The van der Waals surface area contributed by atoms with Crippen LogP contribution in [0.25, 0.3) is 0 Å². The minimum absolute atomic E-state index is 0.528. The summed E-state index contributed by atoms with van der Waals surface area (Å²) in [4.78, 5) is 0. The van der Waals surface area contributed by atoms with Gasteiger partial charge in [-0.05, 0) is 26.2 Å². The maximum atomic E-state index is 9.89. The van der Waals surface area contributed by atoms with Gasteiger partial charge in [-0.15, -0.1) is 0 Å². The number of hydrogen-bond acceptors (Lipinski definition) is 2. The summed E-state index contributed by atoms with van der Waals surface area (Å²) in [5, 5.41) is 14.7. The molecule has 0 radical (unpaired) electrons. The van der Waals surface area contributed by atoms with Crippen LogP contribution in [0.1, 0.15) is 25.0 Å². The predicted molar refractivity (Wildman–Crippen MR) is 50.8 cm³/mol. The third-order valence-corrected chi connectivity index (χ3v) is 3.14. The second-order valence-corrected chi connectivity index (χ2v) is 4.22. The Bertz CT molecular complexity index is 317. The average molecular weight is 201 g/mol. The molecule has 0 aliphatic heterocycles. The molecule has 0 aromatic carbocycles. The molecule has 1 saturated carbocycles. The molecular formula is C9H13ClN2O. The molecule has 1 fully saturated rings. The molecule has 1 aromatic rings. The SMILES string of the molecule is Cc1c(Cl)cnn1CC1(O)CCC1. The Kier molecular flexibility index (Phi) is 2.08. The van der Waals surface area contributed by atoms with E-state index < -0.39 is 5.60 Å². The van der Waals surface area contributed by atoms with Crippen LogP contribution in [-0.4, -0.2) is 20.5 Å². The normalized spacial score (nSPS) is 19.9. The van der Waals surface area contributed by atoms with Gasteiger partial charge in [-0.3, -0.25) is 4.68 Å². The molecule has 1 aromatic heterocycles. The smallest absolute Gasteiger partial charge is 0.0842 e. The van der Waals surface area contributed by atoms with Crippen molar-refractivity contribution < 1.29 is 5.11 Å². The van der Waals surface area contributed by atoms with Crippen molar-refractivity contribution in [2.24, 2.45) is 0 Å². The maximum Gasteiger partial charge on any atom is 0.0842 e. The van der Waals surface area contributed by atoms with E-state index >= 15 is 0 Å². The van der Waals surface area contributed by atoms with Crippen LogP contribution < -0.4 is 0 Å². The first kappa shape index (κ1) is 9.03. The van der Waals surface area contributed by atoms with E-state index in [1.807, 2.05) is 6.92 Å². The van der Waals surface area contributed by atoms with Crippen LogP contribution in [0.15, 0.2) is 6.20 Å². The lowest BCUT2D eigenvalue weighted by Crippen LogP contribution is -2.41. The summed E-state index contributed by atoms with van der Waals surface area (Å²) < 4.78 is 1.78. The van der Waals surface area contributed by atoms with E-state index in [1.165, 1.54) is 0 Å². The molecule has 1 aliphatic carbocycles. The highest BCUT2D eigenvalue weighted by Gasteiger charge is 2.35. The first-order valence-electron chi connectivity index (χ1n) is 4.51. The van der Waals surface area contributed by atoms with Crippen molar-refractivity contribution >= 4 is 11.6 Å². The molecule has 0 bridgehead atoms. The van der Waals surface area contributed by atoms with Crippen molar-refractivity contribution in [1.82, 2.24) is 9.78 Å². The third kappa shape index (κ3) is 1.58. The maximum absolute atomic E-state index is 9.89. The molecule has 1 aliphatic rings. The van der Waals surface area contributed by atoms with Crippen molar-refractivity contribution in [3.63, 3.8) is 0 Å². The van der Waals surface area contributed by atoms with Gasteiger partial charge in [-0.25, -0.2) is 0 Å². The summed E-state index contributed by atoms with van der Waals surface area (Å²) in [6.45, 7) is 2.49. The van der Waals surface area contributed by atoms with E-state index in [-0.39, 0.29) is 0 Å². The Balaban J connectivity index is 2.13. The lowest BCUT2D eigenvalue weighted by Gasteiger charge is -2.36. The molecule has 1 heterocycles. The fraction of sp³-hybridized carbons (Fsp3) is 0.667.